The minimum atomic E-state index is -0.132. The second-order valence-corrected chi connectivity index (χ2v) is 11.2. The number of halogens is 1. The number of nitrogens with one attached hydrogen (secondary N) is 2. The highest BCUT2D eigenvalue weighted by Gasteiger charge is 2.31. The lowest BCUT2D eigenvalue weighted by molar-refractivity contribution is -0.120. The van der Waals surface area contributed by atoms with Crippen LogP contribution in [0.15, 0.2) is 66.7 Å². The van der Waals surface area contributed by atoms with Gasteiger partial charge in [-0.3, -0.25) is 4.79 Å². The number of amides is 1. The summed E-state index contributed by atoms with van der Waals surface area (Å²) in [4.78, 5) is 17.3. The van der Waals surface area contributed by atoms with Crippen molar-refractivity contribution in [2.45, 2.75) is 50.6 Å². The van der Waals surface area contributed by atoms with Crippen LogP contribution >= 0.6 is 11.6 Å². The number of carbonyl (C=O) groups excluding carboxylic acids is 1. The lowest BCUT2D eigenvalue weighted by atomic mass is 9.93. The zero-order valence-corrected chi connectivity index (χ0v) is 25.2. The lowest BCUT2D eigenvalue weighted by Gasteiger charge is -2.33. The first-order valence-corrected chi connectivity index (χ1v) is 15.1. The largest absolute Gasteiger partial charge is 0.497 e. The standard InChI is InChI=1S/C26H30ClN3O2.C8H10O2/c27-19-8-11-24-23(16-19)22-12-14-30(17-31)26(25(22)29-24)18-6-9-21(10-7-18)32-15-3-13-28-20-4-1-2-5-20;1-9-7-3-5-8(10-2)6-4-7/h6-11,16-17,20,26,28-29H,1-5,12-15H2;3-6H,1-2H3. The quantitative estimate of drug-likeness (QED) is 0.155. The molecule has 1 aliphatic heterocycles. The highest BCUT2D eigenvalue weighted by atomic mass is 35.5. The number of aromatic amines is 1. The third-order valence-electron chi connectivity index (χ3n) is 8.13. The molecular formula is C34H40ClN3O4. The van der Waals surface area contributed by atoms with Crippen molar-refractivity contribution in [1.82, 2.24) is 15.2 Å². The van der Waals surface area contributed by atoms with E-state index in [1.165, 1.54) is 31.2 Å². The number of aromatic nitrogens is 1. The zero-order chi connectivity index (χ0) is 29.3. The first-order valence-electron chi connectivity index (χ1n) is 14.7. The first kappa shape index (κ1) is 29.8. The van der Waals surface area contributed by atoms with Gasteiger partial charge in [0.25, 0.3) is 0 Å². The average Bonchev–Trinajstić information content (AvgIpc) is 3.69. The van der Waals surface area contributed by atoms with Gasteiger partial charge < -0.3 is 29.4 Å². The molecule has 1 amide bonds. The molecule has 1 fully saturated rings. The van der Waals surface area contributed by atoms with Gasteiger partial charge in [-0.15, -0.1) is 0 Å². The van der Waals surface area contributed by atoms with Gasteiger partial charge in [0.1, 0.15) is 17.2 Å². The predicted molar refractivity (Wildman–Crippen MR) is 168 cm³/mol. The molecule has 0 bridgehead atoms. The van der Waals surface area contributed by atoms with Gasteiger partial charge in [-0.1, -0.05) is 36.6 Å². The summed E-state index contributed by atoms with van der Waals surface area (Å²) >= 11 is 6.24. The van der Waals surface area contributed by atoms with E-state index in [0.717, 1.165) is 70.2 Å². The molecule has 4 aromatic rings. The van der Waals surface area contributed by atoms with E-state index >= 15 is 0 Å². The van der Waals surface area contributed by atoms with E-state index in [4.69, 9.17) is 25.8 Å². The van der Waals surface area contributed by atoms with E-state index in [1.807, 2.05) is 59.5 Å². The van der Waals surface area contributed by atoms with Crippen molar-refractivity contribution in [3.63, 3.8) is 0 Å². The number of methoxy groups -OCH3 is 2. The highest BCUT2D eigenvalue weighted by molar-refractivity contribution is 6.31. The van der Waals surface area contributed by atoms with Crippen LogP contribution < -0.4 is 19.5 Å². The number of carbonyl (C=O) groups is 1. The number of benzene rings is 3. The Morgan fingerprint density at radius 1 is 0.952 bits per heavy atom. The van der Waals surface area contributed by atoms with Gasteiger partial charge >= 0.3 is 0 Å². The van der Waals surface area contributed by atoms with Crippen LogP contribution in [0.4, 0.5) is 0 Å². The Kier molecular flexibility index (Phi) is 10.3. The number of hydrogen-bond acceptors (Lipinski definition) is 5. The number of hydrogen-bond donors (Lipinski definition) is 2. The van der Waals surface area contributed by atoms with E-state index in [9.17, 15) is 4.79 Å². The Balaban J connectivity index is 0.000000300. The maximum Gasteiger partial charge on any atom is 0.210 e. The van der Waals surface area contributed by atoms with Crippen LogP contribution in [-0.4, -0.2) is 56.3 Å². The van der Waals surface area contributed by atoms with E-state index in [1.54, 1.807) is 14.2 Å². The summed E-state index contributed by atoms with van der Waals surface area (Å²) in [6, 6.07) is 22.1. The van der Waals surface area contributed by atoms with Gasteiger partial charge in [-0.05, 0) is 98.0 Å². The molecule has 0 spiro atoms. The molecule has 42 heavy (non-hydrogen) atoms. The summed E-state index contributed by atoms with van der Waals surface area (Å²) in [6.07, 6.45) is 8.11. The molecule has 6 rings (SSSR count). The van der Waals surface area contributed by atoms with Gasteiger partial charge in [-0.25, -0.2) is 0 Å². The molecule has 2 heterocycles. The highest BCUT2D eigenvalue weighted by Crippen LogP contribution is 2.38. The molecule has 7 nitrogen and oxygen atoms in total. The Bertz CT molecular complexity index is 1410. The molecule has 0 radical (unpaired) electrons. The molecule has 0 saturated heterocycles. The van der Waals surface area contributed by atoms with Crippen molar-refractivity contribution in [3.8, 4) is 17.2 Å². The van der Waals surface area contributed by atoms with Crippen molar-refractivity contribution >= 4 is 28.9 Å². The number of H-pyrrole nitrogens is 1. The van der Waals surface area contributed by atoms with Gasteiger partial charge in [0.05, 0.1) is 26.9 Å². The maximum absolute atomic E-state index is 11.8. The molecule has 3 aromatic carbocycles. The number of ether oxygens (including phenoxy) is 3. The summed E-state index contributed by atoms with van der Waals surface area (Å²) in [5.74, 6) is 2.56. The Labute approximate surface area is 253 Å². The molecule has 1 aliphatic carbocycles. The molecule has 1 saturated carbocycles. The molecule has 222 valence electrons. The molecule has 2 aliphatic rings. The second-order valence-electron chi connectivity index (χ2n) is 10.8. The van der Waals surface area contributed by atoms with E-state index in [-0.39, 0.29) is 6.04 Å². The zero-order valence-electron chi connectivity index (χ0n) is 24.4. The molecular weight excluding hydrogens is 550 g/mol. The fraction of sp³-hybridized carbons (Fsp3) is 0.382. The Morgan fingerprint density at radius 3 is 2.26 bits per heavy atom. The topological polar surface area (TPSA) is 75.8 Å². The summed E-state index contributed by atoms with van der Waals surface area (Å²) < 4.78 is 15.9. The Morgan fingerprint density at radius 2 is 1.62 bits per heavy atom. The molecule has 1 aromatic heterocycles. The number of rotatable bonds is 10. The SMILES string of the molecule is COc1ccc(OC)cc1.O=CN1CCc2c([nH]c3ccc(Cl)cc23)C1c1ccc(OCCCNC2CCCC2)cc1. The normalized spacial score (nSPS) is 16.5. The van der Waals surface area contributed by atoms with Gasteiger partial charge in [0, 0.05) is 34.2 Å². The van der Waals surface area contributed by atoms with Gasteiger partial charge in [0.2, 0.25) is 6.41 Å². The monoisotopic (exact) mass is 589 g/mol. The van der Waals surface area contributed by atoms with E-state index < -0.39 is 0 Å². The molecule has 2 N–H and O–H groups in total. The third-order valence-corrected chi connectivity index (χ3v) is 8.37. The molecule has 8 heteroatoms. The second kappa shape index (κ2) is 14.5. The maximum atomic E-state index is 11.8. The van der Waals surface area contributed by atoms with E-state index in [2.05, 4.69) is 22.4 Å². The lowest BCUT2D eigenvalue weighted by Crippen LogP contribution is -2.34. The van der Waals surface area contributed by atoms with Crippen molar-refractivity contribution in [3.05, 3.63) is 88.6 Å². The van der Waals surface area contributed by atoms with E-state index in [0.29, 0.717) is 19.2 Å². The summed E-state index contributed by atoms with van der Waals surface area (Å²) in [7, 11) is 3.28. The van der Waals surface area contributed by atoms with Crippen LogP contribution in [0.3, 0.4) is 0 Å². The summed E-state index contributed by atoms with van der Waals surface area (Å²) in [5, 5.41) is 5.50. The average molecular weight is 590 g/mol. The number of fused-ring (bicyclic) bond motifs is 3. The van der Waals surface area contributed by atoms with Crippen LogP contribution in [0.1, 0.15) is 55.0 Å². The van der Waals surface area contributed by atoms with Crippen LogP contribution in [-0.2, 0) is 11.2 Å². The fourth-order valence-electron chi connectivity index (χ4n) is 5.91. The number of nitrogens with zero attached hydrogens (tertiary/aromatic N) is 1. The molecule has 1 unspecified atom stereocenters. The summed E-state index contributed by atoms with van der Waals surface area (Å²) in [5.41, 5.74) is 4.46. The van der Waals surface area contributed by atoms with Crippen molar-refractivity contribution in [2.75, 3.05) is 33.9 Å². The molecule has 1 atom stereocenters. The van der Waals surface area contributed by atoms with Crippen molar-refractivity contribution in [2.24, 2.45) is 0 Å². The first-order chi connectivity index (χ1) is 20.6. The van der Waals surface area contributed by atoms with Crippen LogP contribution in [0.5, 0.6) is 17.2 Å². The Hall–Kier alpha value is -3.68. The van der Waals surface area contributed by atoms with Crippen LogP contribution in [0.2, 0.25) is 5.02 Å². The minimum Gasteiger partial charge on any atom is -0.497 e. The third kappa shape index (κ3) is 7.20. The smallest absolute Gasteiger partial charge is 0.210 e. The summed E-state index contributed by atoms with van der Waals surface area (Å²) in [6.45, 7) is 2.40. The predicted octanol–water partition coefficient (Wildman–Crippen LogP) is 6.93. The van der Waals surface area contributed by atoms with Crippen LogP contribution in [0.25, 0.3) is 10.9 Å². The van der Waals surface area contributed by atoms with Crippen molar-refractivity contribution < 1.29 is 19.0 Å². The van der Waals surface area contributed by atoms with Crippen LogP contribution in [0, 0.1) is 0 Å². The fourth-order valence-corrected chi connectivity index (χ4v) is 6.08. The van der Waals surface area contributed by atoms with Crippen molar-refractivity contribution in [1.29, 1.82) is 0 Å². The minimum absolute atomic E-state index is 0.132. The van der Waals surface area contributed by atoms with Gasteiger partial charge in [0.15, 0.2) is 0 Å². The van der Waals surface area contributed by atoms with Gasteiger partial charge in [-0.2, -0.15) is 0 Å².